The van der Waals surface area contributed by atoms with Gasteiger partial charge in [0.1, 0.15) is 78.5 Å². The SMILES string of the molecule is CC[C@H](C)[C@H](NC(=O)CNCc1ccncc1)C(=O)N[C@@H](CC(C)C)C(=O)N1CCC[C@H]1C(=O)N[C@@H](Cc1ccccc1)C(=O)N[C@@H](CCCCN)C(=O)N[C@@H](Cc1ccccc1)C(=O)N1CCC[C@H]1C(=O)N[C@@H](Cc1ccccc1)C(=O)N[C@@H](Cc1ccccc1)C(=O)N1CCC[C@H]1C(=O)N[C@@H](Cc1ccccc1)C(=O)N[C@@H](CCCNC(=N)N)C(=O)N[C@@H](CCCNC(=N)N)C(N)=O. The van der Waals surface area contributed by atoms with Crippen molar-refractivity contribution < 1.29 is 67.1 Å². The summed E-state index contributed by atoms with van der Waals surface area (Å²) in [5.74, 6) is -10.7. The van der Waals surface area contributed by atoms with Crippen molar-refractivity contribution in [1.29, 1.82) is 10.8 Å². The third-order valence-corrected chi connectivity index (χ3v) is 24.4. The molecule has 0 unspecified atom stereocenters. The summed E-state index contributed by atoms with van der Waals surface area (Å²) in [6.07, 6.45) is 6.38. The standard InChI is InChI=1S/C98H135N23O14/c1-5-63(4)83(118-82(122)61-106-60-69-44-49-105-50-45-69)93(132)117-76(54-62(2)3)94(133)119-51-25-41-79(119)90(129)112-73(55-64-28-11-6-12-29-64)87(126)110-71(38-21-22-46-99)86(125)115-77(58-67-34-17-9-18-35-67)95(134)120-52-26-43-81(120)92(131)114-75(57-66-32-15-8-16-33-66)89(128)116-78(59-68-36-19-10-20-37-68)96(135)121-53-27-42-80(121)91(130)113-74(56-65-30-13-7-14-31-65)88(127)111-72(40-24-48-108-98(103)104)85(124)109-70(84(100)123)39-23-47-107-97(101)102/h6-20,28-37,44-45,49-50,62-63,70-81,83,106H,5,21-27,38-43,46-48,51-61,99H2,1-4H3,(H2,100,123)(H,109,124)(H,110,126)(H,111,127)(H,112,129)(H,113,130)(H,114,131)(H,115,125)(H,116,128)(H,117,132)(H,118,122)(H4,101,102,107)(H4,103,104,108)/t63-,70-,71-,72-,73-,74-,75-,76-,77-,78-,79-,80-,81-,83-/m0/s1. The lowest BCUT2D eigenvalue weighted by molar-refractivity contribution is -0.143. The minimum atomic E-state index is -1.41. The maximum absolute atomic E-state index is 15.7. The normalized spacial score (nSPS) is 17.0. The highest BCUT2D eigenvalue weighted by atomic mass is 16.2. The van der Waals surface area contributed by atoms with Crippen LogP contribution in [0.5, 0.6) is 0 Å². The molecular formula is C98H135N23O14. The molecule has 0 bridgehead atoms. The van der Waals surface area contributed by atoms with Gasteiger partial charge in [-0.1, -0.05) is 186 Å². The Morgan fingerprint density at radius 2 is 0.711 bits per heavy atom. The molecule has 4 heterocycles. The average Bonchev–Trinajstić information content (AvgIpc) is 1.74. The first-order chi connectivity index (χ1) is 65.0. The lowest BCUT2D eigenvalue weighted by Gasteiger charge is -2.32. The molecule has 9 rings (SSSR count). The second-order valence-electron chi connectivity index (χ2n) is 35.2. The largest absolute Gasteiger partial charge is 0.370 e. The summed E-state index contributed by atoms with van der Waals surface area (Å²) < 4.78 is 0. The van der Waals surface area contributed by atoms with Gasteiger partial charge in [0.15, 0.2) is 11.9 Å². The van der Waals surface area contributed by atoms with E-state index >= 15 is 33.6 Å². The number of aromatic nitrogens is 1. The van der Waals surface area contributed by atoms with Gasteiger partial charge in [0.2, 0.25) is 82.7 Å². The van der Waals surface area contributed by atoms with Gasteiger partial charge in [0, 0.05) is 83.8 Å². The molecule has 6 aromatic rings. The van der Waals surface area contributed by atoms with Crippen LogP contribution in [0.25, 0.3) is 0 Å². The van der Waals surface area contributed by atoms with Gasteiger partial charge >= 0.3 is 0 Å². The number of unbranched alkanes of at least 4 members (excludes halogenated alkanes) is 1. The lowest BCUT2D eigenvalue weighted by atomic mass is 9.96. The molecule has 3 aliphatic rings. The van der Waals surface area contributed by atoms with Crippen LogP contribution in [0, 0.1) is 22.7 Å². The number of benzene rings is 5. The van der Waals surface area contributed by atoms with Crippen LogP contribution in [0.1, 0.15) is 157 Å². The van der Waals surface area contributed by atoms with Crippen LogP contribution in [0.4, 0.5) is 0 Å². The Morgan fingerprint density at radius 3 is 1.06 bits per heavy atom. The molecule has 0 radical (unpaired) electrons. The van der Waals surface area contributed by atoms with Crippen LogP contribution in [0.2, 0.25) is 0 Å². The lowest BCUT2D eigenvalue weighted by Crippen LogP contribution is -2.61. The molecular weight excluding hydrogens is 1720 g/mol. The molecule has 0 aliphatic carbocycles. The van der Waals surface area contributed by atoms with E-state index in [2.05, 4.69) is 74.1 Å². The Balaban J connectivity index is 0.920. The number of nitrogens with zero attached hydrogens (tertiary/aromatic N) is 4. The maximum atomic E-state index is 15.7. The van der Waals surface area contributed by atoms with Crippen molar-refractivity contribution >= 4 is 94.6 Å². The van der Waals surface area contributed by atoms with E-state index in [9.17, 15) is 33.6 Å². The Kier molecular flexibility index (Phi) is 42.4. The molecule has 5 aromatic carbocycles. The number of guanidine groups is 2. The minimum absolute atomic E-state index is 0.0258. The maximum Gasteiger partial charge on any atom is 0.246 e. The van der Waals surface area contributed by atoms with Crippen molar-refractivity contribution in [1.82, 2.24) is 88.8 Å². The topological polar surface area (TPSA) is 570 Å². The molecule has 1 aromatic heterocycles. The van der Waals surface area contributed by atoms with Crippen molar-refractivity contribution in [2.75, 3.05) is 45.8 Å². The Labute approximate surface area is 788 Å². The van der Waals surface area contributed by atoms with Crippen LogP contribution >= 0.6 is 0 Å². The van der Waals surface area contributed by atoms with E-state index in [-0.39, 0.29) is 159 Å². The summed E-state index contributed by atoms with van der Waals surface area (Å²) in [6.45, 7) is 8.62. The number of primary amides is 1. The van der Waals surface area contributed by atoms with Crippen molar-refractivity contribution in [3.8, 4) is 0 Å². The summed E-state index contributed by atoms with van der Waals surface area (Å²) in [6, 6.07) is 31.5. The van der Waals surface area contributed by atoms with Crippen LogP contribution < -0.4 is 92.1 Å². The third-order valence-electron chi connectivity index (χ3n) is 24.4. The van der Waals surface area contributed by atoms with Gasteiger partial charge in [-0.25, -0.2) is 0 Å². The second kappa shape index (κ2) is 54.5. The number of amides is 14. The van der Waals surface area contributed by atoms with Gasteiger partial charge in [0.25, 0.3) is 0 Å². The van der Waals surface area contributed by atoms with Crippen molar-refractivity contribution in [2.24, 2.45) is 34.8 Å². The molecule has 0 saturated carbocycles. The van der Waals surface area contributed by atoms with E-state index < -0.39 is 161 Å². The summed E-state index contributed by atoms with van der Waals surface area (Å²) in [5, 5.41) is 52.3. The van der Waals surface area contributed by atoms with E-state index in [1.807, 2.05) is 39.8 Å². The Morgan fingerprint density at radius 1 is 0.385 bits per heavy atom. The van der Waals surface area contributed by atoms with Crippen LogP contribution in [-0.2, 0) is 106 Å². The van der Waals surface area contributed by atoms with Crippen LogP contribution in [-0.4, -0.2) is 239 Å². The average molecular weight is 1860 g/mol. The van der Waals surface area contributed by atoms with E-state index in [4.69, 9.17) is 33.8 Å². The number of carbonyl (C=O) groups is 14. The highest BCUT2D eigenvalue weighted by molar-refractivity contribution is 6.01. The molecule has 726 valence electrons. The fourth-order valence-electron chi connectivity index (χ4n) is 17.0. The molecule has 3 saturated heterocycles. The molecule has 3 fully saturated rings. The second-order valence-corrected chi connectivity index (χ2v) is 35.2. The Bertz CT molecular complexity index is 4920. The number of carbonyl (C=O) groups excluding carboxylic acids is 14. The van der Waals surface area contributed by atoms with Crippen molar-refractivity contribution in [3.63, 3.8) is 0 Å². The summed E-state index contributed by atoms with van der Waals surface area (Å²) in [7, 11) is 0. The first kappa shape index (κ1) is 105. The summed E-state index contributed by atoms with van der Waals surface area (Å²) in [5.41, 5.74) is 26.8. The van der Waals surface area contributed by atoms with Gasteiger partial charge in [0.05, 0.1) is 6.54 Å². The monoisotopic (exact) mass is 1860 g/mol. The highest BCUT2D eigenvalue weighted by Crippen LogP contribution is 2.27. The van der Waals surface area contributed by atoms with Crippen molar-refractivity contribution in [3.05, 3.63) is 210 Å². The van der Waals surface area contributed by atoms with Crippen LogP contribution in [0.15, 0.2) is 176 Å². The fraction of sp³-hybridized carbons (Fsp3) is 0.480. The summed E-state index contributed by atoms with van der Waals surface area (Å²) in [4.78, 5) is 215. The number of likely N-dealkylation sites (tertiary alicyclic amines) is 3. The molecule has 37 heteroatoms. The van der Waals surface area contributed by atoms with E-state index in [0.717, 1.165) is 5.56 Å². The molecule has 3 aliphatic heterocycles. The molecule has 14 atom stereocenters. The molecule has 37 nitrogen and oxygen atoms in total. The highest BCUT2D eigenvalue weighted by Gasteiger charge is 2.45. The van der Waals surface area contributed by atoms with E-state index in [1.54, 1.807) is 164 Å². The Hall–Kier alpha value is -13.7. The zero-order chi connectivity index (χ0) is 97.3. The molecule has 14 amide bonds. The number of pyridine rings is 1. The quantitative estimate of drug-likeness (QED) is 0.0146. The fourth-order valence-corrected chi connectivity index (χ4v) is 17.0. The molecule has 0 spiro atoms. The van der Waals surface area contributed by atoms with Crippen molar-refractivity contribution in [2.45, 2.75) is 241 Å². The summed E-state index contributed by atoms with van der Waals surface area (Å²) >= 11 is 0. The molecule has 23 N–H and O–H groups in total. The zero-order valence-corrected chi connectivity index (χ0v) is 77.5. The minimum Gasteiger partial charge on any atom is -0.370 e. The zero-order valence-electron chi connectivity index (χ0n) is 77.5. The number of rotatable bonds is 53. The van der Waals surface area contributed by atoms with Gasteiger partial charge in [-0.3, -0.25) is 82.9 Å². The first-order valence-corrected chi connectivity index (χ1v) is 46.9. The van der Waals surface area contributed by atoms with Crippen LogP contribution in [0.3, 0.4) is 0 Å². The van der Waals surface area contributed by atoms with Gasteiger partial charge < -0.3 is 107 Å². The first-order valence-electron chi connectivity index (χ1n) is 46.9. The number of hydrogen-bond acceptors (Lipinski definition) is 19. The number of nitrogens with one attached hydrogen (secondary N) is 15. The van der Waals surface area contributed by atoms with Gasteiger partial charge in [-0.2, -0.15) is 0 Å². The number of nitrogens with two attached hydrogens (primary N) is 4. The van der Waals surface area contributed by atoms with E-state index in [0.29, 0.717) is 72.9 Å². The number of hydrogen-bond donors (Lipinski definition) is 19. The van der Waals surface area contributed by atoms with E-state index in [1.165, 1.54) is 14.7 Å². The third kappa shape index (κ3) is 33.8. The molecule has 135 heavy (non-hydrogen) atoms. The predicted octanol–water partition coefficient (Wildman–Crippen LogP) is 1.44. The van der Waals surface area contributed by atoms with Gasteiger partial charge in [-0.15, -0.1) is 0 Å². The predicted molar refractivity (Wildman–Crippen MR) is 509 cm³/mol. The smallest absolute Gasteiger partial charge is 0.246 e. The van der Waals surface area contributed by atoms with Gasteiger partial charge in [-0.05, 0) is 154 Å².